The lowest BCUT2D eigenvalue weighted by atomic mass is 10.1. The van der Waals surface area contributed by atoms with Gasteiger partial charge in [-0.05, 0) is 24.6 Å². The molecule has 0 saturated carbocycles. The number of quaternary nitrogens is 1. The van der Waals surface area contributed by atoms with E-state index < -0.39 is 0 Å². The average molecular weight is 325 g/mol. The highest BCUT2D eigenvalue weighted by molar-refractivity contribution is 6.30. The van der Waals surface area contributed by atoms with Gasteiger partial charge in [-0.2, -0.15) is 0 Å². The Morgan fingerprint density at radius 1 is 1.27 bits per heavy atom. The van der Waals surface area contributed by atoms with E-state index in [4.69, 9.17) is 11.6 Å². The van der Waals surface area contributed by atoms with Gasteiger partial charge >= 0.3 is 0 Å². The molecule has 1 aliphatic heterocycles. The topological polar surface area (TPSA) is 53.9 Å². The first-order chi connectivity index (χ1) is 10.5. The molecule has 1 aromatic carbocycles. The van der Waals surface area contributed by atoms with Crippen LogP contribution in [0.5, 0.6) is 0 Å². The molecule has 0 spiro atoms. The first kappa shape index (κ1) is 16.8. The minimum atomic E-state index is -0.0392. The van der Waals surface area contributed by atoms with Gasteiger partial charge in [0.05, 0.1) is 32.2 Å². The minimum absolute atomic E-state index is 0.0359. The van der Waals surface area contributed by atoms with Crippen LogP contribution in [-0.2, 0) is 9.59 Å². The van der Waals surface area contributed by atoms with Crippen molar-refractivity contribution >= 4 is 23.4 Å². The molecule has 2 N–H and O–H groups in total. The number of nitrogens with one attached hydrogen (secondary N) is 2. The lowest BCUT2D eigenvalue weighted by Gasteiger charge is -2.31. The number of amides is 2. The first-order valence-corrected chi connectivity index (χ1v) is 7.97. The molecule has 0 aliphatic carbocycles. The molecule has 1 heterocycles. The molecule has 0 bridgehead atoms. The summed E-state index contributed by atoms with van der Waals surface area (Å²) in [6.07, 6.45) is 0. The number of hydrogen-bond donors (Lipinski definition) is 2. The number of hydrogen-bond acceptors (Lipinski definition) is 2. The van der Waals surface area contributed by atoms with Gasteiger partial charge in [0.15, 0.2) is 6.54 Å². The maximum absolute atomic E-state index is 12.1. The Morgan fingerprint density at radius 3 is 2.41 bits per heavy atom. The molecule has 1 aliphatic rings. The SMILES string of the molecule is CC(=O)N1CC[NH+](CC(=O)N[C@@H](C)c2ccc(Cl)cc2)CC1. The largest absolute Gasteiger partial charge is 0.345 e. The van der Waals surface area contributed by atoms with Crippen LogP contribution < -0.4 is 10.2 Å². The van der Waals surface area contributed by atoms with Crippen LogP contribution in [0.25, 0.3) is 0 Å². The molecule has 0 unspecified atom stereocenters. The van der Waals surface area contributed by atoms with Crippen molar-refractivity contribution in [1.29, 1.82) is 0 Å². The van der Waals surface area contributed by atoms with E-state index in [2.05, 4.69) is 5.32 Å². The number of piperazine rings is 1. The monoisotopic (exact) mass is 324 g/mol. The second kappa shape index (κ2) is 7.61. The molecule has 22 heavy (non-hydrogen) atoms. The highest BCUT2D eigenvalue weighted by Crippen LogP contribution is 2.15. The molecule has 1 saturated heterocycles. The van der Waals surface area contributed by atoms with Gasteiger partial charge in [0.2, 0.25) is 5.91 Å². The summed E-state index contributed by atoms with van der Waals surface area (Å²) in [5.41, 5.74) is 1.04. The molecule has 120 valence electrons. The molecule has 1 atom stereocenters. The number of carbonyl (C=O) groups is 2. The summed E-state index contributed by atoms with van der Waals surface area (Å²) in [4.78, 5) is 26.5. The molecule has 0 radical (unpaired) electrons. The van der Waals surface area contributed by atoms with E-state index >= 15 is 0 Å². The molecule has 1 aromatic rings. The van der Waals surface area contributed by atoms with Crippen LogP contribution in [0.15, 0.2) is 24.3 Å². The van der Waals surface area contributed by atoms with Gasteiger partial charge in [-0.1, -0.05) is 23.7 Å². The van der Waals surface area contributed by atoms with Crippen LogP contribution >= 0.6 is 11.6 Å². The van der Waals surface area contributed by atoms with Gasteiger partial charge in [0.1, 0.15) is 0 Å². The number of halogens is 1. The number of rotatable bonds is 4. The van der Waals surface area contributed by atoms with Crippen LogP contribution in [-0.4, -0.2) is 49.4 Å². The number of benzene rings is 1. The van der Waals surface area contributed by atoms with Crippen LogP contribution in [0, 0.1) is 0 Å². The van der Waals surface area contributed by atoms with E-state index in [1.54, 1.807) is 6.92 Å². The van der Waals surface area contributed by atoms with Crippen LogP contribution in [0.4, 0.5) is 0 Å². The maximum Gasteiger partial charge on any atom is 0.275 e. The summed E-state index contributed by atoms with van der Waals surface area (Å²) in [6, 6.07) is 7.46. The minimum Gasteiger partial charge on any atom is -0.345 e. The summed E-state index contributed by atoms with van der Waals surface area (Å²) >= 11 is 5.87. The van der Waals surface area contributed by atoms with Gasteiger partial charge in [-0.3, -0.25) is 9.59 Å². The molecule has 6 heteroatoms. The van der Waals surface area contributed by atoms with Crippen molar-refractivity contribution in [2.75, 3.05) is 32.7 Å². The Kier molecular flexibility index (Phi) is 5.80. The van der Waals surface area contributed by atoms with Gasteiger partial charge < -0.3 is 15.1 Å². The Balaban J connectivity index is 1.78. The first-order valence-electron chi connectivity index (χ1n) is 7.59. The number of nitrogens with zero attached hydrogens (tertiary/aromatic N) is 1. The van der Waals surface area contributed by atoms with Crippen molar-refractivity contribution in [2.24, 2.45) is 0 Å². The fourth-order valence-electron chi connectivity index (χ4n) is 2.67. The van der Waals surface area contributed by atoms with E-state index in [1.165, 1.54) is 4.90 Å². The van der Waals surface area contributed by atoms with Gasteiger partial charge in [0, 0.05) is 11.9 Å². The fourth-order valence-corrected chi connectivity index (χ4v) is 2.79. The summed E-state index contributed by atoms with van der Waals surface area (Å²) in [5, 5.41) is 3.70. The third-order valence-corrected chi connectivity index (χ3v) is 4.33. The molecular formula is C16H23ClN3O2+. The second-order valence-corrected chi connectivity index (χ2v) is 6.21. The Morgan fingerprint density at radius 2 is 1.86 bits per heavy atom. The molecule has 2 amide bonds. The smallest absolute Gasteiger partial charge is 0.275 e. The second-order valence-electron chi connectivity index (χ2n) is 5.77. The van der Waals surface area contributed by atoms with E-state index in [1.807, 2.05) is 36.1 Å². The molecule has 5 nitrogen and oxygen atoms in total. The zero-order valence-electron chi connectivity index (χ0n) is 13.1. The van der Waals surface area contributed by atoms with E-state index in [0.717, 1.165) is 31.7 Å². The molecule has 0 aromatic heterocycles. The van der Waals surface area contributed by atoms with E-state index in [0.29, 0.717) is 11.6 Å². The maximum atomic E-state index is 12.1. The van der Waals surface area contributed by atoms with Crippen LogP contribution in [0.1, 0.15) is 25.5 Å². The lowest BCUT2D eigenvalue weighted by molar-refractivity contribution is -0.896. The standard InChI is InChI=1S/C16H22ClN3O2/c1-12(14-3-5-15(17)6-4-14)18-16(22)11-19-7-9-20(10-8-19)13(2)21/h3-6,12H,7-11H2,1-2H3,(H,18,22)/p+1/t12-/m0/s1. The van der Waals surface area contributed by atoms with Gasteiger partial charge in [-0.15, -0.1) is 0 Å². The van der Waals surface area contributed by atoms with E-state index in [-0.39, 0.29) is 17.9 Å². The van der Waals surface area contributed by atoms with Crippen molar-refractivity contribution in [3.63, 3.8) is 0 Å². The number of carbonyl (C=O) groups excluding carboxylic acids is 2. The van der Waals surface area contributed by atoms with Crippen LogP contribution in [0.3, 0.4) is 0 Å². The zero-order valence-corrected chi connectivity index (χ0v) is 13.8. The quantitative estimate of drug-likeness (QED) is 0.835. The Labute approximate surface area is 136 Å². The third kappa shape index (κ3) is 4.71. The van der Waals surface area contributed by atoms with Crippen molar-refractivity contribution in [3.8, 4) is 0 Å². The van der Waals surface area contributed by atoms with Gasteiger partial charge in [0.25, 0.3) is 5.91 Å². The predicted octanol–water partition coefficient (Wildman–Crippen LogP) is 0.264. The summed E-state index contributed by atoms with van der Waals surface area (Å²) < 4.78 is 0. The zero-order chi connectivity index (χ0) is 16.1. The summed E-state index contributed by atoms with van der Waals surface area (Å²) in [5.74, 6) is 0.147. The molecular weight excluding hydrogens is 302 g/mol. The van der Waals surface area contributed by atoms with Crippen molar-refractivity contribution in [2.45, 2.75) is 19.9 Å². The highest BCUT2D eigenvalue weighted by atomic mass is 35.5. The summed E-state index contributed by atoms with van der Waals surface area (Å²) in [7, 11) is 0. The normalized spacial score (nSPS) is 17.1. The average Bonchev–Trinajstić information content (AvgIpc) is 2.48. The highest BCUT2D eigenvalue weighted by Gasteiger charge is 2.23. The Bertz CT molecular complexity index is 525. The molecule has 1 fully saturated rings. The van der Waals surface area contributed by atoms with Crippen molar-refractivity contribution in [1.82, 2.24) is 10.2 Å². The predicted molar refractivity (Wildman–Crippen MR) is 85.8 cm³/mol. The van der Waals surface area contributed by atoms with Crippen LogP contribution in [0.2, 0.25) is 5.02 Å². The van der Waals surface area contributed by atoms with Crippen molar-refractivity contribution < 1.29 is 14.5 Å². The van der Waals surface area contributed by atoms with E-state index in [9.17, 15) is 9.59 Å². The Hall–Kier alpha value is -1.59. The fraction of sp³-hybridized carbons (Fsp3) is 0.500. The van der Waals surface area contributed by atoms with Gasteiger partial charge in [-0.25, -0.2) is 0 Å². The molecule has 2 rings (SSSR count). The summed E-state index contributed by atoms with van der Waals surface area (Å²) in [6.45, 7) is 7.10. The third-order valence-electron chi connectivity index (χ3n) is 4.07. The van der Waals surface area contributed by atoms with Crippen molar-refractivity contribution in [3.05, 3.63) is 34.9 Å². The lowest BCUT2D eigenvalue weighted by Crippen LogP contribution is -3.15.